The van der Waals surface area contributed by atoms with Crippen LogP contribution in [0.15, 0.2) is 35.2 Å². The summed E-state index contributed by atoms with van der Waals surface area (Å²) < 4.78 is 30.8. The fraction of sp³-hybridized carbons (Fsp3) is 0.733. The van der Waals surface area contributed by atoms with E-state index in [0.29, 0.717) is 16.9 Å². The number of thioether (sulfide) groups is 2. The first-order valence-electron chi connectivity index (χ1n) is 15.0. The Balaban J connectivity index is 1.48. The SMILES string of the molecule is CC(C)[C@H]1[C@@H](OC(=O)N[C@@H](CSc2ccccc2)[C@H](O)CN2C[C@H]3CCS[C@H]3C[C@H]2C(=O)NC(C)(C)C)CCS1(=O)=O. The summed E-state index contributed by atoms with van der Waals surface area (Å²) in [6.45, 7) is 10.5. The summed E-state index contributed by atoms with van der Waals surface area (Å²) in [6, 6.07) is 8.70. The van der Waals surface area contributed by atoms with Crippen molar-refractivity contribution in [2.45, 2.75) is 99.1 Å². The molecule has 42 heavy (non-hydrogen) atoms. The molecule has 9 nitrogen and oxygen atoms in total. The standard InChI is InChI=1S/C30H47N3O6S3/c1-19(2)27-25(12-14-42(27,37)38)39-29(36)31-22(18-41-21-9-7-6-8-10-21)24(34)17-33-16-20-11-13-40-26(20)15-23(33)28(35)32-30(3,4)5/h6-10,19-20,22-27,34H,11-18H2,1-5H3,(H,31,36)(H,32,35)/t20-,22+,23+,24-,25+,26+,27+/m1/s1. The summed E-state index contributed by atoms with van der Waals surface area (Å²) in [5.41, 5.74) is -0.372. The summed E-state index contributed by atoms with van der Waals surface area (Å²) in [7, 11) is -3.33. The number of carbonyl (C=O) groups is 2. The van der Waals surface area contributed by atoms with Crippen molar-refractivity contribution < 1.29 is 27.9 Å². The maximum absolute atomic E-state index is 13.4. The molecule has 7 atom stereocenters. The van der Waals surface area contributed by atoms with Gasteiger partial charge in [-0.3, -0.25) is 9.69 Å². The Morgan fingerprint density at radius 1 is 1.19 bits per heavy atom. The molecular weight excluding hydrogens is 595 g/mol. The Kier molecular flexibility index (Phi) is 11.2. The zero-order chi connectivity index (χ0) is 30.7. The fourth-order valence-electron chi connectivity index (χ4n) is 6.31. The summed E-state index contributed by atoms with van der Waals surface area (Å²) in [5.74, 6) is 1.71. The van der Waals surface area contributed by atoms with Crippen LogP contribution in [0.3, 0.4) is 0 Å². The quantitative estimate of drug-likeness (QED) is 0.329. The molecule has 3 aliphatic rings. The highest BCUT2D eigenvalue weighted by Crippen LogP contribution is 2.40. The van der Waals surface area contributed by atoms with E-state index in [1.165, 1.54) is 11.8 Å². The first kappa shape index (κ1) is 33.4. The number of aliphatic hydroxyl groups is 1. The number of rotatable bonds is 10. The van der Waals surface area contributed by atoms with E-state index in [0.717, 1.165) is 30.0 Å². The highest BCUT2D eigenvalue weighted by Gasteiger charge is 2.45. The number of alkyl carbamates (subject to hydrolysis) is 1. The highest BCUT2D eigenvalue weighted by atomic mass is 32.2. The van der Waals surface area contributed by atoms with Crippen LogP contribution in [0.2, 0.25) is 0 Å². The van der Waals surface area contributed by atoms with E-state index in [1.54, 1.807) is 0 Å². The van der Waals surface area contributed by atoms with Crippen molar-refractivity contribution in [1.82, 2.24) is 15.5 Å². The molecule has 12 heteroatoms. The van der Waals surface area contributed by atoms with Crippen LogP contribution in [0.4, 0.5) is 4.79 Å². The largest absolute Gasteiger partial charge is 0.445 e. The minimum atomic E-state index is -3.33. The monoisotopic (exact) mass is 641 g/mol. The molecule has 1 aromatic carbocycles. The first-order chi connectivity index (χ1) is 19.7. The van der Waals surface area contributed by atoms with Crippen LogP contribution in [-0.4, -0.2) is 101 Å². The van der Waals surface area contributed by atoms with Gasteiger partial charge in [0.1, 0.15) is 11.4 Å². The van der Waals surface area contributed by atoms with Gasteiger partial charge in [-0.1, -0.05) is 32.0 Å². The number of nitrogens with zero attached hydrogens (tertiary/aromatic N) is 1. The Morgan fingerprint density at radius 2 is 1.90 bits per heavy atom. The van der Waals surface area contributed by atoms with E-state index < -0.39 is 39.4 Å². The number of hydrogen-bond acceptors (Lipinski definition) is 9. The molecule has 3 aliphatic heterocycles. The number of piperidine rings is 1. The number of β-amino-alcohol motifs (C(OH)–C–C–N with tert-alkyl or cyclic N) is 1. The van der Waals surface area contributed by atoms with Gasteiger partial charge < -0.3 is 20.5 Å². The molecule has 4 rings (SSSR count). The van der Waals surface area contributed by atoms with Crippen LogP contribution >= 0.6 is 23.5 Å². The van der Waals surface area contributed by atoms with E-state index in [9.17, 15) is 23.1 Å². The molecule has 0 saturated carbocycles. The van der Waals surface area contributed by atoms with E-state index in [1.807, 2.05) is 76.7 Å². The van der Waals surface area contributed by atoms with Crippen molar-refractivity contribution in [3.8, 4) is 0 Å². The van der Waals surface area contributed by atoms with Crippen molar-refractivity contribution in [3.63, 3.8) is 0 Å². The first-order valence-corrected chi connectivity index (χ1v) is 18.7. The number of ether oxygens (including phenoxy) is 1. The lowest BCUT2D eigenvalue weighted by Gasteiger charge is -2.43. The lowest BCUT2D eigenvalue weighted by Crippen LogP contribution is -2.60. The molecule has 0 spiro atoms. The van der Waals surface area contributed by atoms with Gasteiger partial charge in [-0.15, -0.1) is 11.8 Å². The van der Waals surface area contributed by atoms with Crippen molar-refractivity contribution in [2.75, 3.05) is 30.3 Å². The number of aliphatic hydroxyl groups excluding tert-OH is 1. The molecule has 0 unspecified atom stereocenters. The average molecular weight is 642 g/mol. The van der Waals surface area contributed by atoms with Crippen LogP contribution in [0.25, 0.3) is 0 Å². The van der Waals surface area contributed by atoms with Gasteiger partial charge in [0.05, 0.1) is 23.9 Å². The predicted molar refractivity (Wildman–Crippen MR) is 170 cm³/mol. The molecule has 0 bridgehead atoms. The molecule has 3 saturated heterocycles. The third-order valence-corrected chi connectivity index (χ3v) is 13.3. The number of sulfone groups is 1. The number of carbonyl (C=O) groups excluding carboxylic acids is 2. The minimum absolute atomic E-state index is 0.00285. The maximum Gasteiger partial charge on any atom is 0.407 e. The second kappa shape index (κ2) is 14.1. The molecule has 0 aromatic heterocycles. The number of likely N-dealkylation sites (tertiary alicyclic amines) is 1. The molecule has 0 aliphatic carbocycles. The van der Waals surface area contributed by atoms with E-state index >= 15 is 0 Å². The van der Waals surface area contributed by atoms with Crippen LogP contribution < -0.4 is 10.6 Å². The van der Waals surface area contributed by atoms with Gasteiger partial charge in [0.2, 0.25) is 5.91 Å². The Bertz CT molecular complexity index is 1180. The van der Waals surface area contributed by atoms with Crippen LogP contribution in [0, 0.1) is 11.8 Å². The van der Waals surface area contributed by atoms with Gasteiger partial charge in [0.15, 0.2) is 9.84 Å². The molecule has 3 heterocycles. The van der Waals surface area contributed by atoms with Crippen molar-refractivity contribution in [2.24, 2.45) is 11.8 Å². The van der Waals surface area contributed by atoms with Crippen LogP contribution in [-0.2, 0) is 19.4 Å². The number of amides is 2. The highest BCUT2D eigenvalue weighted by molar-refractivity contribution is 8.00. The van der Waals surface area contributed by atoms with E-state index in [2.05, 4.69) is 15.5 Å². The van der Waals surface area contributed by atoms with E-state index in [-0.39, 0.29) is 42.1 Å². The second-order valence-corrected chi connectivity index (χ2v) is 17.9. The molecule has 236 valence electrons. The fourth-order valence-corrected chi connectivity index (χ4v) is 11.2. The summed E-state index contributed by atoms with van der Waals surface area (Å²) in [6.07, 6.45) is -0.335. The lowest BCUT2D eigenvalue weighted by atomic mass is 9.89. The van der Waals surface area contributed by atoms with Gasteiger partial charge in [0.25, 0.3) is 0 Å². The normalized spacial score (nSPS) is 29.1. The maximum atomic E-state index is 13.4. The topological polar surface area (TPSA) is 125 Å². The number of nitrogens with one attached hydrogen (secondary N) is 2. The zero-order valence-electron chi connectivity index (χ0n) is 25.3. The number of fused-ring (bicyclic) bond motifs is 1. The van der Waals surface area contributed by atoms with Gasteiger partial charge in [0, 0.05) is 34.5 Å². The number of hydrogen-bond donors (Lipinski definition) is 3. The molecule has 3 N–H and O–H groups in total. The predicted octanol–water partition coefficient (Wildman–Crippen LogP) is 3.56. The van der Waals surface area contributed by atoms with Gasteiger partial charge >= 0.3 is 6.09 Å². The van der Waals surface area contributed by atoms with Crippen LogP contribution in [0.5, 0.6) is 0 Å². The van der Waals surface area contributed by atoms with Crippen LogP contribution in [0.1, 0.15) is 53.9 Å². The molecule has 2 amide bonds. The Morgan fingerprint density at radius 3 is 2.57 bits per heavy atom. The summed E-state index contributed by atoms with van der Waals surface area (Å²) in [4.78, 5) is 29.6. The molecular formula is C30H47N3O6S3. The van der Waals surface area contributed by atoms with Crippen molar-refractivity contribution in [3.05, 3.63) is 30.3 Å². The molecule has 1 aromatic rings. The average Bonchev–Trinajstić information content (AvgIpc) is 3.48. The number of benzene rings is 1. The Hall–Kier alpha value is -1.47. The zero-order valence-corrected chi connectivity index (χ0v) is 27.8. The molecule has 0 radical (unpaired) electrons. The van der Waals surface area contributed by atoms with Gasteiger partial charge in [-0.25, -0.2) is 13.2 Å². The van der Waals surface area contributed by atoms with E-state index in [4.69, 9.17) is 4.74 Å². The minimum Gasteiger partial charge on any atom is -0.445 e. The third kappa shape index (κ3) is 8.80. The van der Waals surface area contributed by atoms with Gasteiger partial charge in [-0.2, -0.15) is 11.8 Å². The smallest absolute Gasteiger partial charge is 0.407 e. The summed E-state index contributed by atoms with van der Waals surface area (Å²) >= 11 is 3.45. The Labute approximate surface area is 259 Å². The van der Waals surface area contributed by atoms with Crippen molar-refractivity contribution >= 4 is 45.4 Å². The molecule has 3 fully saturated rings. The third-order valence-electron chi connectivity index (χ3n) is 8.26. The van der Waals surface area contributed by atoms with Gasteiger partial charge in [-0.05, 0) is 69.8 Å². The summed E-state index contributed by atoms with van der Waals surface area (Å²) in [5, 5.41) is 17.3. The lowest BCUT2D eigenvalue weighted by molar-refractivity contribution is -0.130. The second-order valence-electron chi connectivity index (χ2n) is 13.2. The van der Waals surface area contributed by atoms with Crippen molar-refractivity contribution in [1.29, 1.82) is 0 Å².